The van der Waals surface area contributed by atoms with Crippen LogP contribution in [0.3, 0.4) is 0 Å². The fourth-order valence-corrected chi connectivity index (χ4v) is 30.2. The molecule has 0 amide bonds. The molecule has 9 saturated carbocycles. The zero-order valence-electron chi connectivity index (χ0n) is 53.4. The molecule has 9 bridgehead atoms. The van der Waals surface area contributed by atoms with Crippen molar-refractivity contribution in [1.29, 1.82) is 0 Å². The molecule has 30 atom stereocenters. The number of ether oxygens (including phenoxy) is 4. The number of benzene rings is 1. The molecule has 1 aromatic carbocycles. The molecule has 0 radical (unpaired) electrons. The van der Waals surface area contributed by atoms with Gasteiger partial charge in [0.25, 0.3) is 0 Å². The number of hydrogen-bond donors (Lipinski definition) is 4. The first-order chi connectivity index (χ1) is 44.8. The number of Topliss-reactive ketones (excluding diaryl/α,β-unsaturated/α-hetero) is 1. The zero-order valence-corrected chi connectivity index (χ0v) is 53.4. The third kappa shape index (κ3) is 6.20. The number of hydrogen-bond acceptors (Lipinski definition) is 13. The van der Waals surface area contributed by atoms with Gasteiger partial charge in [0.15, 0.2) is 17.5 Å². The number of cyclic esters (lactones) is 1. The summed E-state index contributed by atoms with van der Waals surface area (Å²) in [6.07, 6.45) is 33.2. The molecular formula is C79H92N2O11. The van der Waals surface area contributed by atoms with E-state index in [4.69, 9.17) is 23.4 Å². The number of rotatable bonds is 8. The highest BCUT2D eigenvalue weighted by Gasteiger charge is 3.00. The molecule has 92 heavy (non-hydrogen) atoms. The molecule has 5 saturated heterocycles. The second-order valence-electron chi connectivity index (χ2n) is 34.6. The Bertz CT molecular complexity index is 3730. The number of carbonyl (C=O) groups is 3. The lowest BCUT2D eigenvalue weighted by Gasteiger charge is -2.74. The van der Waals surface area contributed by atoms with Gasteiger partial charge in [0, 0.05) is 52.7 Å². The van der Waals surface area contributed by atoms with E-state index in [1.165, 1.54) is 30.4 Å². The van der Waals surface area contributed by atoms with Crippen molar-refractivity contribution in [3.05, 3.63) is 108 Å². The summed E-state index contributed by atoms with van der Waals surface area (Å²) in [4.78, 5) is 53.0. The summed E-state index contributed by atoms with van der Waals surface area (Å²) < 4.78 is 38.2. The van der Waals surface area contributed by atoms with Gasteiger partial charge in [-0.15, -0.1) is 0 Å². The van der Waals surface area contributed by atoms with E-state index < -0.39 is 98.6 Å². The van der Waals surface area contributed by atoms with Crippen molar-refractivity contribution in [2.45, 2.75) is 189 Å². The maximum absolute atomic E-state index is 18.1. The van der Waals surface area contributed by atoms with E-state index in [0.29, 0.717) is 79.1 Å². The van der Waals surface area contributed by atoms with Crippen molar-refractivity contribution in [3.63, 3.8) is 0 Å². The summed E-state index contributed by atoms with van der Waals surface area (Å²) in [7, 11) is 0. The first kappa shape index (κ1) is 56.4. The third-order valence-electron chi connectivity index (χ3n) is 32.6. The van der Waals surface area contributed by atoms with Gasteiger partial charge in [-0.2, -0.15) is 0 Å². The van der Waals surface area contributed by atoms with Crippen LogP contribution in [0, 0.1) is 140 Å². The van der Waals surface area contributed by atoms with E-state index in [9.17, 15) is 10.2 Å². The number of furan rings is 1. The molecule has 2 aromatic rings. The van der Waals surface area contributed by atoms with Gasteiger partial charge in [0.05, 0.1) is 54.9 Å². The average molecular weight is 1250 g/mol. The van der Waals surface area contributed by atoms with Crippen LogP contribution in [-0.4, -0.2) is 106 Å². The van der Waals surface area contributed by atoms with Gasteiger partial charge in [-0.25, -0.2) is 4.79 Å². The largest absolute Gasteiger partial charge is 0.469 e. The van der Waals surface area contributed by atoms with Gasteiger partial charge < -0.3 is 43.6 Å². The number of esters is 2. The fourth-order valence-electron chi connectivity index (χ4n) is 30.2. The Hall–Kier alpha value is -4.81. The van der Waals surface area contributed by atoms with E-state index >= 15 is 19.5 Å². The molecule has 1 aromatic heterocycles. The number of nitrogens with one attached hydrogen (secondary N) is 1. The number of ketones is 1. The van der Waals surface area contributed by atoms with Crippen molar-refractivity contribution >= 4 is 17.7 Å². The molecular weight excluding hydrogens is 1150 g/mol. The van der Waals surface area contributed by atoms with Crippen molar-refractivity contribution < 1.29 is 53.1 Å². The summed E-state index contributed by atoms with van der Waals surface area (Å²) in [6.45, 7) is 3.77. The molecule has 7 aliphatic heterocycles. The third-order valence-corrected chi connectivity index (χ3v) is 32.6. The Balaban J connectivity index is 0.789. The maximum Gasteiger partial charge on any atom is 0.339 e. The minimum atomic E-state index is -1.58. The zero-order chi connectivity index (χ0) is 61.5. The average Bonchev–Trinajstić information content (AvgIpc) is 1.40. The minimum absolute atomic E-state index is 0.0274. The lowest BCUT2D eigenvalue weighted by Crippen LogP contribution is -2.84. The number of carbonyl (C=O) groups excluding carboxylic acids is 3. The first-order valence-electron chi connectivity index (χ1n) is 36.9. The molecule has 30 unspecified atom stereocenters. The second-order valence-corrected chi connectivity index (χ2v) is 34.6. The molecule has 4 N–H and O–H groups in total. The van der Waals surface area contributed by atoms with Crippen LogP contribution in [0.4, 0.5) is 0 Å². The van der Waals surface area contributed by atoms with Crippen molar-refractivity contribution in [1.82, 2.24) is 10.2 Å². The maximum atomic E-state index is 18.1. The topological polar surface area (TPSA) is 181 Å². The second kappa shape index (κ2) is 18.6. The van der Waals surface area contributed by atoms with Crippen LogP contribution in [0.2, 0.25) is 0 Å². The molecule has 14 fully saturated rings. The van der Waals surface area contributed by atoms with Crippen molar-refractivity contribution in [2.75, 3.05) is 26.4 Å². The van der Waals surface area contributed by atoms with Gasteiger partial charge in [0.1, 0.15) is 29.7 Å². The van der Waals surface area contributed by atoms with E-state index in [1.807, 2.05) is 6.07 Å². The lowest BCUT2D eigenvalue weighted by atomic mass is 9.28. The van der Waals surface area contributed by atoms with Gasteiger partial charge in [-0.3, -0.25) is 14.9 Å². The van der Waals surface area contributed by atoms with Gasteiger partial charge in [0.2, 0.25) is 0 Å². The first-order valence-corrected chi connectivity index (χ1v) is 36.9. The number of allylic oxidation sites excluding steroid dienone is 5. The Morgan fingerprint density at radius 2 is 1.79 bits per heavy atom. The molecule has 12 aliphatic carbocycles. The number of fused-ring (bicyclic) bond motifs is 6. The SMILES string of the molecule is CC12CC3CC45CCCC4CC4=CC6C7(CCC8C=CCC9C%10CCCC%10C=CC896)OC46C5C(=O)OCC64C7C(=O)C(O)C5(C6CC(Cc7ccccc7)CCC6C#CCC1(c1ccoc1CC(C(O)CO)C1CCC6C(C=CN7CNCC67)C1)OC(=O)C1OC152)C34. The smallest absolute Gasteiger partial charge is 0.339 e. The van der Waals surface area contributed by atoms with Crippen LogP contribution in [-0.2, 0) is 51.8 Å². The standard InChI is InChI=1S/C79H92N2O11/c1-71-37-49-38-72-25-8-14-51(72)34-52-35-62-73-27-21-45-11-5-15-53(45)56(73)16-6-13-50(73)22-28-75(62)65-63(84)67(85)77(64(49)74(65)41-89-69(86)66(72)78(52,74)92-75)58-32-44(31-43-9-3-2-4-10-43)17-18-46(58)12-7-26-76(71,91-70(87)68-79(71,77)90-68)57-24-30-88-61(57)36-55(60(83)40-82)47-19-20-54-48(33-47)23-29-81-42-80-39-59(54)81/h2-4,6,9-10,13,21,23-24,27,29-30,35,44-51,53-56,58-60,62,64-68,80,82-83,85H,5,8,11,14-20,22,25-26,28,31-34,36-42H2,1H3. The normalized spacial score (nSPS) is 54.3. The minimum Gasteiger partial charge on any atom is -0.469 e. The van der Waals surface area contributed by atoms with E-state index in [1.54, 1.807) is 6.26 Å². The molecule has 13 nitrogen and oxygen atoms in total. The van der Waals surface area contributed by atoms with Crippen LogP contribution in [0.15, 0.2) is 95.3 Å². The molecule has 13 heteroatoms. The Morgan fingerprint density at radius 3 is 2.68 bits per heavy atom. The summed E-state index contributed by atoms with van der Waals surface area (Å²) in [5.41, 5.74) is -6.46. The molecule has 8 heterocycles. The van der Waals surface area contributed by atoms with Crippen LogP contribution in [0.5, 0.6) is 0 Å². The Morgan fingerprint density at radius 1 is 0.891 bits per heavy atom. The molecule has 484 valence electrons. The van der Waals surface area contributed by atoms with Crippen LogP contribution < -0.4 is 5.32 Å². The number of epoxide rings is 1. The predicted molar refractivity (Wildman–Crippen MR) is 336 cm³/mol. The van der Waals surface area contributed by atoms with Crippen molar-refractivity contribution in [3.8, 4) is 11.8 Å². The number of aliphatic hydroxyl groups is 3. The van der Waals surface area contributed by atoms with Crippen LogP contribution in [0.1, 0.15) is 146 Å². The molecule has 21 rings (SSSR count). The van der Waals surface area contributed by atoms with E-state index in [2.05, 4.69) is 102 Å². The van der Waals surface area contributed by atoms with Crippen LogP contribution >= 0.6 is 0 Å². The summed E-state index contributed by atoms with van der Waals surface area (Å²) >= 11 is 0. The van der Waals surface area contributed by atoms with Crippen molar-refractivity contribution in [2.24, 2.45) is 128 Å². The number of nitrogens with zero attached hydrogens (tertiary/aromatic N) is 1. The Kier molecular flexibility index (Phi) is 11.4. The highest BCUT2D eigenvalue weighted by Crippen LogP contribution is 2.92. The fraction of sp³-hybridized carbons (Fsp3) is 0.709. The predicted octanol–water partition coefficient (Wildman–Crippen LogP) is 10.1. The van der Waals surface area contributed by atoms with Gasteiger partial charge in [-0.1, -0.05) is 98.4 Å². The lowest BCUT2D eigenvalue weighted by molar-refractivity contribution is -0.315. The summed E-state index contributed by atoms with van der Waals surface area (Å²) in [5.74, 6) is 7.34. The van der Waals surface area contributed by atoms with Gasteiger partial charge >= 0.3 is 11.9 Å². The van der Waals surface area contributed by atoms with E-state index in [0.717, 1.165) is 90.3 Å². The van der Waals surface area contributed by atoms with Crippen LogP contribution in [0.25, 0.3) is 0 Å². The highest BCUT2D eigenvalue weighted by atomic mass is 16.7. The summed E-state index contributed by atoms with van der Waals surface area (Å²) in [5, 5.41) is 42.1. The Labute approximate surface area is 540 Å². The van der Waals surface area contributed by atoms with Gasteiger partial charge in [-0.05, 0) is 215 Å². The van der Waals surface area contributed by atoms with E-state index in [-0.39, 0.29) is 77.5 Å². The quantitative estimate of drug-likeness (QED) is 0.0850. The molecule has 7 spiro atoms. The molecule has 19 aliphatic rings. The monoisotopic (exact) mass is 1240 g/mol. The number of aliphatic hydroxyl groups excluding tert-OH is 3. The highest BCUT2D eigenvalue weighted by molar-refractivity contribution is 5.94. The summed E-state index contributed by atoms with van der Waals surface area (Å²) in [6, 6.07) is 13.2.